The van der Waals surface area contributed by atoms with E-state index in [2.05, 4.69) is 10.3 Å². The van der Waals surface area contributed by atoms with Crippen molar-refractivity contribution in [3.05, 3.63) is 42.5 Å². The molecule has 0 unspecified atom stereocenters. The van der Waals surface area contributed by atoms with Gasteiger partial charge in [0.1, 0.15) is 0 Å². The van der Waals surface area contributed by atoms with Crippen molar-refractivity contribution >= 4 is 28.3 Å². The maximum Gasteiger partial charge on any atom is 0.436 e. The predicted molar refractivity (Wildman–Crippen MR) is 59.8 cm³/mol. The first-order valence-electron chi connectivity index (χ1n) is 4.83. The lowest BCUT2D eigenvalue weighted by Gasteiger charge is -2.04. The van der Waals surface area contributed by atoms with Crippen LogP contribution in [-0.4, -0.2) is 11.9 Å². The van der Waals surface area contributed by atoms with E-state index in [0.717, 1.165) is 10.8 Å². The molecule has 0 aliphatic carbocycles. The van der Waals surface area contributed by atoms with E-state index in [1.807, 2.05) is 24.3 Å². The summed E-state index contributed by atoms with van der Waals surface area (Å²) in [5.41, 5.74) is 0.402. The molecule has 0 bridgehead atoms. The van der Waals surface area contributed by atoms with Gasteiger partial charge in [-0.3, -0.25) is 4.79 Å². The quantitative estimate of drug-likeness (QED) is 0.768. The fourth-order valence-electron chi connectivity index (χ4n) is 1.48. The summed E-state index contributed by atoms with van der Waals surface area (Å²) in [4.78, 5) is 24.4. The largest absolute Gasteiger partial charge is 0.436 e. The Bertz CT molecular complexity index is 583. The number of nitrogens with one attached hydrogen (secondary N) is 1. The number of fused-ring (bicyclic) bond motifs is 1. The standard InChI is InChI=1S/C12H8FNO3/c13-17-12(16)11(15)14-10-6-5-8-3-1-2-4-9(8)7-10/h1-7H,(H,14,15). The van der Waals surface area contributed by atoms with Crippen LogP contribution in [0.25, 0.3) is 10.8 Å². The van der Waals surface area contributed by atoms with Gasteiger partial charge in [-0.05, 0) is 22.9 Å². The molecule has 0 aliphatic rings. The fourth-order valence-corrected chi connectivity index (χ4v) is 1.48. The van der Waals surface area contributed by atoms with Crippen LogP contribution in [0.2, 0.25) is 0 Å². The molecule has 0 saturated heterocycles. The summed E-state index contributed by atoms with van der Waals surface area (Å²) < 4.78 is 11.5. The van der Waals surface area contributed by atoms with Crippen molar-refractivity contribution in [3.8, 4) is 0 Å². The molecule has 2 rings (SSSR count). The van der Waals surface area contributed by atoms with Crippen molar-refractivity contribution in [2.24, 2.45) is 0 Å². The van der Waals surface area contributed by atoms with E-state index in [1.54, 1.807) is 18.2 Å². The summed E-state index contributed by atoms with van der Waals surface area (Å²) >= 11 is 0. The SMILES string of the molecule is O=C(Nc1ccc2ccccc2c1)C(=O)OF. The number of benzene rings is 2. The van der Waals surface area contributed by atoms with Crippen molar-refractivity contribution in [1.82, 2.24) is 0 Å². The van der Waals surface area contributed by atoms with Gasteiger partial charge in [0, 0.05) is 10.2 Å². The van der Waals surface area contributed by atoms with Crippen LogP contribution in [0.5, 0.6) is 0 Å². The first-order chi connectivity index (χ1) is 8.20. The number of hydrogen-bond donors (Lipinski definition) is 1. The van der Waals surface area contributed by atoms with E-state index < -0.39 is 11.9 Å². The van der Waals surface area contributed by atoms with Crippen LogP contribution >= 0.6 is 0 Å². The van der Waals surface area contributed by atoms with E-state index >= 15 is 0 Å². The van der Waals surface area contributed by atoms with Crippen molar-refractivity contribution in [1.29, 1.82) is 0 Å². The average molecular weight is 233 g/mol. The molecule has 5 heteroatoms. The fraction of sp³-hybridized carbons (Fsp3) is 0. The van der Waals surface area contributed by atoms with E-state index in [1.165, 1.54) is 0 Å². The Labute approximate surface area is 95.9 Å². The lowest BCUT2D eigenvalue weighted by molar-refractivity contribution is -0.185. The highest BCUT2D eigenvalue weighted by atomic mass is 19.3. The first kappa shape index (κ1) is 11.1. The zero-order valence-electron chi connectivity index (χ0n) is 8.64. The van der Waals surface area contributed by atoms with Crippen molar-refractivity contribution < 1.29 is 19.1 Å². The molecule has 2 aromatic rings. The van der Waals surface area contributed by atoms with E-state index in [4.69, 9.17) is 0 Å². The second-order valence-corrected chi connectivity index (χ2v) is 3.38. The van der Waals surface area contributed by atoms with Crippen LogP contribution in [-0.2, 0) is 14.5 Å². The number of anilines is 1. The Morgan fingerprint density at radius 1 is 1.06 bits per heavy atom. The van der Waals surface area contributed by atoms with Gasteiger partial charge in [-0.1, -0.05) is 30.3 Å². The highest BCUT2D eigenvalue weighted by Gasteiger charge is 2.16. The molecule has 0 fully saturated rings. The van der Waals surface area contributed by atoms with E-state index in [9.17, 15) is 14.1 Å². The monoisotopic (exact) mass is 233 g/mol. The Balaban J connectivity index is 2.25. The van der Waals surface area contributed by atoms with Crippen LogP contribution < -0.4 is 5.32 Å². The predicted octanol–water partition coefficient (Wildman–Crippen LogP) is 2.21. The van der Waals surface area contributed by atoms with Gasteiger partial charge in [-0.25, -0.2) is 9.74 Å². The molecule has 0 heterocycles. The van der Waals surface area contributed by atoms with Crippen LogP contribution in [0.4, 0.5) is 10.2 Å². The third-order valence-corrected chi connectivity index (χ3v) is 2.26. The van der Waals surface area contributed by atoms with Crippen molar-refractivity contribution in [2.75, 3.05) is 5.32 Å². The van der Waals surface area contributed by atoms with Crippen molar-refractivity contribution in [3.63, 3.8) is 0 Å². The van der Waals surface area contributed by atoms with Gasteiger partial charge in [0.25, 0.3) is 0 Å². The molecule has 0 radical (unpaired) electrons. The topological polar surface area (TPSA) is 55.4 Å². The zero-order valence-corrected chi connectivity index (χ0v) is 8.64. The van der Waals surface area contributed by atoms with Gasteiger partial charge >= 0.3 is 11.9 Å². The number of rotatable bonds is 1. The molecule has 0 atom stereocenters. The van der Waals surface area contributed by atoms with Gasteiger partial charge < -0.3 is 5.32 Å². The molecule has 1 N–H and O–H groups in total. The molecule has 0 spiro atoms. The first-order valence-corrected chi connectivity index (χ1v) is 4.83. The summed E-state index contributed by atoms with van der Waals surface area (Å²) in [6, 6.07) is 12.6. The van der Waals surface area contributed by atoms with E-state index in [-0.39, 0.29) is 0 Å². The molecule has 17 heavy (non-hydrogen) atoms. The highest BCUT2D eigenvalue weighted by molar-refractivity contribution is 6.37. The smallest absolute Gasteiger partial charge is 0.316 e. The van der Waals surface area contributed by atoms with E-state index in [0.29, 0.717) is 5.69 Å². The lowest BCUT2D eigenvalue weighted by Crippen LogP contribution is -2.22. The Kier molecular flexibility index (Phi) is 3.00. The minimum Gasteiger partial charge on any atom is -0.316 e. The molecular weight excluding hydrogens is 225 g/mol. The number of carbonyl (C=O) groups is 2. The second kappa shape index (κ2) is 4.61. The summed E-state index contributed by atoms with van der Waals surface area (Å²) in [6.07, 6.45) is 0. The van der Waals surface area contributed by atoms with Crippen LogP contribution in [0, 0.1) is 0 Å². The third kappa shape index (κ3) is 2.39. The van der Waals surface area contributed by atoms with Gasteiger partial charge in [0.2, 0.25) is 0 Å². The Morgan fingerprint density at radius 3 is 2.47 bits per heavy atom. The summed E-state index contributed by atoms with van der Waals surface area (Å²) in [5, 5.41) is 4.13. The second-order valence-electron chi connectivity index (χ2n) is 3.38. The average Bonchev–Trinajstić information content (AvgIpc) is 2.37. The number of halogens is 1. The summed E-state index contributed by atoms with van der Waals surface area (Å²) in [5.74, 6) is -2.72. The number of hydrogen-bond acceptors (Lipinski definition) is 3. The molecule has 2 aromatic carbocycles. The zero-order chi connectivity index (χ0) is 12.3. The number of amides is 1. The molecule has 1 amide bonds. The molecule has 0 aliphatic heterocycles. The molecule has 0 aromatic heterocycles. The molecule has 4 nitrogen and oxygen atoms in total. The third-order valence-electron chi connectivity index (χ3n) is 2.26. The van der Waals surface area contributed by atoms with Gasteiger partial charge in [-0.15, -0.1) is 0 Å². The maximum atomic E-state index is 11.5. The van der Waals surface area contributed by atoms with Gasteiger partial charge in [0.05, 0.1) is 0 Å². The van der Waals surface area contributed by atoms with Crippen molar-refractivity contribution in [2.45, 2.75) is 0 Å². The summed E-state index contributed by atoms with van der Waals surface area (Å²) in [6.45, 7) is 0. The van der Waals surface area contributed by atoms with Crippen LogP contribution in [0.3, 0.4) is 0 Å². The lowest BCUT2D eigenvalue weighted by atomic mass is 10.1. The minimum atomic E-state index is -1.57. The molecular formula is C12H8FNO3. The summed E-state index contributed by atoms with van der Waals surface area (Å²) in [7, 11) is 0. The normalized spacial score (nSPS) is 9.94. The van der Waals surface area contributed by atoms with Crippen LogP contribution in [0.1, 0.15) is 0 Å². The Hall–Kier alpha value is -2.43. The molecule has 0 saturated carbocycles. The molecule has 86 valence electrons. The van der Waals surface area contributed by atoms with Crippen LogP contribution in [0.15, 0.2) is 42.5 Å². The van der Waals surface area contributed by atoms with Gasteiger partial charge in [-0.2, -0.15) is 0 Å². The maximum absolute atomic E-state index is 11.5. The minimum absolute atomic E-state index is 0.402. The highest BCUT2D eigenvalue weighted by Crippen LogP contribution is 2.18. The Morgan fingerprint density at radius 2 is 1.76 bits per heavy atom. The van der Waals surface area contributed by atoms with Gasteiger partial charge in [0.15, 0.2) is 0 Å². The number of carbonyl (C=O) groups excluding carboxylic acids is 2.